The zero-order chi connectivity index (χ0) is 20.0. The van der Waals surface area contributed by atoms with Gasteiger partial charge < -0.3 is 15.0 Å². The molecule has 0 unspecified atom stereocenters. The van der Waals surface area contributed by atoms with Crippen LogP contribution in [0.1, 0.15) is 37.7 Å². The van der Waals surface area contributed by atoms with Crippen LogP contribution in [0.3, 0.4) is 0 Å². The van der Waals surface area contributed by atoms with Gasteiger partial charge in [-0.3, -0.25) is 9.69 Å². The summed E-state index contributed by atoms with van der Waals surface area (Å²) in [6, 6.07) is 7.66. The Labute approximate surface area is 178 Å². The standard InChI is InChI=1S/C21H30ClN3O2S/c1-24(20(28)23-11-6-12-25-13-15-27-16-14-25)21(10-5-4-9-19(21)26)17-7-2-3-8-18(17)22/h2-3,7-8H,4-6,9-16H2,1H3,(H,23,28)/t21-/m0/s1. The number of morpholine rings is 1. The number of Topliss-reactive ketones (excluding diaryl/α,β-unsaturated/α-hetero) is 1. The molecule has 0 amide bonds. The number of ether oxygens (including phenoxy) is 1. The molecule has 154 valence electrons. The topological polar surface area (TPSA) is 44.8 Å². The Morgan fingerprint density at radius 3 is 2.79 bits per heavy atom. The highest BCUT2D eigenvalue weighted by Gasteiger charge is 2.47. The number of nitrogens with zero attached hydrogens (tertiary/aromatic N) is 2. The molecule has 0 spiro atoms. The van der Waals surface area contributed by atoms with Crippen LogP contribution in [0.5, 0.6) is 0 Å². The Morgan fingerprint density at radius 1 is 1.32 bits per heavy atom. The van der Waals surface area contributed by atoms with Gasteiger partial charge in [-0.1, -0.05) is 29.8 Å². The largest absolute Gasteiger partial charge is 0.379 e. The molecule has 1 N–H and O–H groups in total. The SMILES string of the molecule is CN(C(=S)NCCCN1CCOCC1)[C@]1(c2ccccc2Cl)CCCCC1=O. The molecule has 1 aromatic carbocycles. The van der Waals surface area contributed by atoms with Gasteiger partial charge in [-0.2, -0.15) is 0 Å². The van der Waals surface area contributed by atoms with Gasteiger partial charge in [0.05, 0.1) is 13.2 Å². The lowest BCUT2D eigenvalue weighted by Crippen LogP contribution is -2.56. The van der Waals surface area contributed by atoms with Crippen LogP contribution in [0.15, 0.2) is 24.3 Å². The maximum absolute atomic E-state index is 13.1. The summed E-state index contributed by atoms with van der Waals surface area (Å²) in [5, 5.41) is 4.59. The van der Waals surface area contributed by atoms with Crippen molar-refractivity contribution in [2.24, 2.45) is 0 Å². The van der Waals surface area contributed by atoms with Crippen LogP contribution in [0.2, 0.25) is 5.02 Å². The van der Waals surface area contributed by atoms with Crippen LogP contribution in [0.25, 0.3) is 0 Å². The molecule has 1 aliphatic carbocycles. The van der Waals surface area contributed by atoms with Gasteiger partial charge in [-0.05, 0) is 50.5 Å². The number of carbonyl (C=O) groups is 1. The number of nitrogens with one attached hydrogen (secondary N) is 1. The highest BCUT2D eigenvalue weighted by molar-refractivity contribution is 7.80. The minimum atomic E-state index is -0.773. The summed E-state index contributed by atoms with van der Waals surface area (Å²) in [6.45, 7) is 5.43. The van der Waals surface area contributed by atoms with E-state index in [1.165, 1.54) is 0 Å². The van der Waals surface area contributed by atoms with Crippen LogP contribution in [-0.4, -0.2) is 67.1 Å². The number of thiocarbonyl (C=S) groups is 1. The van der Waals surface area contributed by atoms with Crippen LogP contribution in [0, 0.1) is 0 Å². The first kappa shape index (κ1) is 21.5. The number of ketones is 1. The Balaban J connectivity index is 1.65. The van der Waals surface area contributed by atoms with Gasteiger partial charge in [-0.15, -0.1) is 0 Å². The molecular formula is C21H30ClN3O2S. The molecule has 28 heavy (non-hydrogen) atoms. The molecule has 1 saturated heterocycles. The van der Waals surface area contributed by atoms with E-state index in [-0.39, 0.29) is 5.78 Å². The van der Waals surface area contributed by atoms with Crippen molar-refractivity contribution in [2.75, 3.05) is 46.4 Å². The van der Waals surface area contributed by atoms with Crippen LogP contribution >= 0.6 is 23.8 Å². The summed E-state index contributed by atoms with van der Waals surface area (Å²) in [6.07, 6.45) is 4.22. The third kappa shape index (κ3) is 4.67. The molecule has 1 atom stereocenters. The average Bonchev–Trinajstić information content (AvgIpc) is 2.72. The highest BCUT2D eigenvalue weighted by atomic mass is 35.5. The van der Waals surface area contributed by atoms with Crippen LogP contribution < -0.4 is 5.32 Å². The van der Waals surface area contributed by atoms with E-state index in [9.17, 15) is 4.79 Å². The van der Waals surface area contributed by atoms with E-state index in [1.54, 1.807) is 0 Å². The Bertz CT molecular complexity index is 696. The Morgan fingerprint density at radius 2 is 2.07 bits per heavy atom. The number of carbonyl (C=O) groups excluding carboxylic acids is 1. The van der Waals surface area contributed by atoms with Crippen molar-refractivity contribution >= 4 is 34.7 Å². The van der Waals surface area contributed by atoms with E-state index in [0.717, 1.165) is 70.6 Å². The van der Waals surface area contributed by atoms with Gasteiger partial charge in [0.15, 0.2) is 10.9 Å². The van der Waals surface area contributed by atoms with Crippen molar-refractivity contribution in [3.8, 4) is 0 Å². The lowest BCUT2D eigenvalue weighted by Gasteiger charge is -2.45. The van der Waals surface area contributed by atoms with Gasteiger partial charge in [0.25, 0.3) is 0 Å². The van der Waals surface area contributed by atoms with Crippen molar-refractivity contribution in [3.05, 3.63) is 34.9 Å². The fourth-order valence-corrected chi connectivity index (χ4v) is 4.79. The van der Waals surface area contributed by atoms with Gasteiger partial charge in [0.2, 0.25) is 0 Å². The molecule has 5 nitrogen and oxygen atoms in total. The van der Waals surface area contributed by atoms with Crippen molar-refractivity contribution in [3.63, 3.8) is 0 Å². The lowest BCUT2D eigenvalue weighted by molar-refractivity contribution is -0.131. The number of hydrogen-bond donors (Lipinski definition) is 1. The second-order valence-electron chi connectivity index (χ2n) is 7.57. The van der Waals surface area contributed by atoms with Gasteiger partial charge in [-0.25, -0.2) is 0 Å². The molecule has 2 fully saturated rings. The summed E-state index contributed by atoms with van der Waals surface area (Å²) in [5.74, 6) is 0.201. The van der Waals surface area contributed by atoms with E-state index >= 15 is 0 Å². The Kier molecular flexibility index (Phi) is 7.69. The number of likely N-dealkylation sites (N-methyl/N-ethyl adjacent to an activating group) is 1. The number of hydrogen-bond acceptors (Lipinski definition) is 4. The third-order valence-electron chi connectivity index (χ3n) is 5.88. The van der Waals surface area contributed by atoms with Gasteiger partial charge in [0.1, 0.15) is 5.54 Å². The second kappa shape index (κ2) is 10.0. The van der Waals surface area contributed by atoms with Crippen molar-refractivity contribution in [1.29, 1.82) is 0 Å². The average molecular weight is 424 g/mol. The fraction of sp³-hybridized carbons (Fsp3) is 0.619. The van der Waals surface area contributed by atoms with E-state index in [1.807, 2.05) is 36.2 Å². The number of rotatable bonds is 6. The number of halogens is 1. The smallest absolute Gasteiger partial charge is 0.169 e. The molecule has 0 bridgehead atoms. The van der Waals surface area contributed by atoms with E-state index in [2.05, 4.69) is 10.2 Å². The summed E-state index contributed by atoms with van der Waals surface area (Å²) in [5.41, 5.74) is 0.0894. The molecule has 2 aliphatic rings. The predicted octanol–water partition coefficient (Wildman–Crippen LogP) is 3.21. The van der Waals surface area contributed by atoms with Crippen molar-refractivity contribution < 1.29 is 9.53 Å². The summed E-state index contributed by atoms with van der Waals surface area (Å²) in [4.78, 5) is 17.5. The van der Waals surface area contributed by atoms with Crippen molar-refractivity contribution in [2.45, 2.75) is 37.6 Å². The van der Waals surface area contributed by atoms with E-state index < -0.39 is 5.54 Å². The van der Waals surface area contributed by atoms with Crippen LogP contribution in [0.4, 0.5) is 0 Å². The van der Waals surface area contributed by atoms with Gasteiger partial charge >= 0.3 is 0 Å². The molecule has 1 saturated carbocycles. The zero-order valence-corrected chi connectivity index (χ0v) is 18.2. The lowest BCUT2D eigenvalue weighted by atomic mass is 9.74. The first-order valence-corrected chi connectivity index (χ1v) is 10.9. The summed E-state index contributed by atoms with van der Waals surface area (Å²) >= 11 is 12.2. The molecule has 3 rings (SSSR count). The maximum atomic E-state index is 13.1. The van der Waals surface area contributed by atoms with Crippen molar-refractivity contribution in [1.82, 2.24) is 15.1 Å². The molecule has 1 aliphatic heterocycles. The highest BCUT2D eigenvalue weighted by Crippen LogP contribution is 2.42. The normalized spacial score (nSPS) is 23.4. The summed E-state index contributed by atoms with van der Waals surface area (Å²) < 4.78 is 5.39. The van der Waals surface area contributed by atoms with E-state index in [4.69, 9.17) is 28.6 Å². The molecule has 1 aromatic rings. The summed E-state index contributed by atoms with van der Waals surface area (Å²) in [7, 11) is 1.92. The molecule has 0 aromatic heterocycles. The maximum Gasteiger partial charge on any atom is 0.169 e. The minimum absolute atomic E-state index is 0.201. The molecule has 7 heteroatoms. The predicted molar refractivity (Wildman–Crippen MR) is 117 cm³/mol. The second-order valence-corrected chi connectivity index (χ2v) is 8.36. The van der Waals surface area contributed by atoms with Crippen LogP contribution in [-0.2, 0) is 15.1 Å². The number of benzene rings is 1. The zero-order valence-electron chi connectivity index (χ0n) is 16.6. The Hall–Kier alpha value is -1.21. The first-order valence-electron chi connectivity index (χ1n) is 10.2. The molecule has 0 radical (unpaired) electrons. The first-order chi connectivity index (χ1) is 13.6. The fourth-order valence-electron chi connectivity index (χ4n) is 4.24. The molecular weight excluding hydrogens is 394 g/mol. The van der Waals surface area contributed by atoms with E-state index in [0.29, 0.717) is 16.6 Å². The quantitative estimate of drug-likeness (QED) is 0.560. The molecule has 1 heterocycles. The monoisotopic (exact) mass is 423 g/mol. The van der Waals surface area contributed by atoms with Gasteiger partial charge in [0, 0.05) is 43.7 Å². The third-order valence-corrected chi connectivity index (χ3v) is 6.63. The minimum Gasteiger partial charge on any atom is -0.379 e.